The molecule has 1 unspecified atom stereocenters. The molecule has 11 heteroatoms. The molecule has 1 fully saturated rings. The number of carbonyl (C=O) groups excluding carboxylic acids is 2. The fourth-order valence-corrected chi connectivity index (χ4v) is 6.89. The molecule has 0 saturated carbocycles. The number of aryl methyl sites for hydroxylation is 1. The second kappa shape index (κ2) is 8.93. The molecule has 2 aliphatic rings. The first-order chi connectivity index (χ1) is 14.8. The Kier molecular flexibility index (Phi) is 6.26. The van der Waals surface area contributed by atoms with Crippen molar-refractivity contribution in [3.8, 4) is 0 Å². The molecule has 2 atom stereocenters. The van der Waals surface area contributed by atoms with Gasteiger partial charge < -0.3 is 16.2 Å². The number of carbonyl (C=O) groups is 3. The Bertz CT molecular complexity index is 1080. The van der Waals surface area contributed by atoms with Gasteiger partial charge >= 0.3 is 5.97 Å². The first kappa shape index (κ1) is 21.7. The molecule has 4 N–H and O–H groups in total. The van der Waals surface area contributed by atoms with Gasteiger partial charge in [0.15, 0.2) is 0 Å². The van der Waals surface area contributed by atoms with Crippen molar-refractivity contribution in [1.29, 1.82) is 0 Å². The maximum absolute atomic E-state index is 12.7. The summed E-state index contributed by atoms with van der Waals surface area (Å²) in [6.45, 7) is 1.91. The van der Waals surface area contributed by atoms with E-state index >= 15 is 0 Å². The summed E-state index contributed by atoms with van der Waals surface area (Å²) in [6, 6.07) is 6.32. The van der Waals surface area contributed by atoms with Crippen molar-refractivity contribution in [3.63, 3.8) is 0 Å². The molecule has 3 heterocycles. The van der Waals surface area contributed by atoms with Gasteiger partial charge in [0.1, 0.15) is 17.1 Å². The van der Waals surface area contributed by atoms with Crippen LogP contribution in [0.5, 0.6) is 0 Å². The third-order valence-corrected chi connectivity index (χ3v) is 8.49. The number of benzene rings is 1. The summed E-state index contributed by atoms with van der Waals surface area (Å²) in [6.07, 6.45) is 1.83. The average molecular weight is 477 g/mol. The summed E-state index contributed by atoms with van der Waals surface area (Å²) in [7, 11) is 0. The van der Waals surface area contributed by atoms with Crippen LogP contribution in [-0.2, 0) is 20.8 Å². The molecule has 2 aromatic rings. The van der Waals surface area contributed by atoms with E-state index in [1.165, 1.54) is 28.4 Å². The third kappa shape index (κ3) is 4.43. The van der Waals surface area contributed by atoms with Crippen LogP contribution in [0.15, 0.2) is 45.9 Å². The number of aromatic nitrogens is 1. The van der Waals surface area contributed by atoms with Crippen molar-refractivity contribution in [2.24, 2.45) is 0 Å². The van der Waals surface area contributed by atoms with E-state index in [1.807, 2.05) is 6.92 Å². The number of carboxylic acids is 1. The molecule has 1 aromatic heterocycles. The summed E-state index contributed by atoms with van der Waals surface area (Å²) in [5.41, 5.74) is 7.80. The summed E-state index contributed by atoms with van der Waals surface area (Å²) < 4.78 is 1.00. The molecule has 4 rings (SSSR count). The third-order valence-electron chi connectivity index (χ3n) is 4.96. The first-order valence-corrected chi connectivity index (χ1v) is 12.3. The molecule has 0 radical (unpaired) electrons. The molecule has 31 heavy (non-hydrogen) atoms. The lowest BCUT2D eigenvalue weighted by molar-refractivity contribution is -0.150. The molecule has 2 amide bonds. The van der Waals surface area contributed by atoms with Crippen LogP contribution in [0.4, 0.5) is 5.69 Å². The minimum absolute atomic E-state index is 0.0280. The largest absolute Gasteiger partial charge is 0.477 e. The highest BCUT2D eigenvalue weighted by atomic mass is 32.2. The van der Waals surface area contributed by atoms with Crippen LogP contribution in [0.25, 0.3) is 0 Å². The summed E-state index contributed by atoms with van der Waals surface area (Å²) >= 11 is 4.53. The fraction of sp³-hybridized carbons (Fsp3) is 0.300. The van der Waals surface area contributed by atoms with E-state index in [9.17, 15) is 19.5 Å². The highest BCUT2D eigenvalue weighted by Crippen LogP contribution is 2.42. The maximum atomic E-state index is 12.7. The number of hydrogen-bond acceptors (Lipinski definition) is 8. The Hall–Kier alpha value is -2.50. The van der Waals surface area contributed by atoms with Gasteiger partial charge in [-0.3, -0.25) is 14.5 Å². The number of hydrogen-bond donors (Lipinski definition) is 3. The number of nitrogen functional groups attached to an aromatic ring is 1. The zero-order chi connectivity index (χ0) is 22.1. The first-order valence-electron chi connectivity index (χ1n) is 9.43. The van der Waals surface area contributed by atoms with E-state index in [0.29, 0.717) is 28.3 Å². The Morgan fingerprint density at radius 1 is 1.39 bits per heavy atom. The minimum Gasteiger partial charge on any atom is -0.477 e. The molecule has 1 saturated heterocycles. The van der Waals surface area contributed by atoms with E-state index in [1.54, 1.807) is 41.8 Å². The Morgan fingerprint density at radius 3 is 2.84 bits per heavy atom. The normalized spacial score (nSPS) is 20.3. The number of amides is 2. The molecule has 8 nitrogen and oxygen atoms in total. The number of fused-ring (bicyclic) bond motifs is 1. The number of β-lactam (4-membered cyclic amide) rings is 1. The van der Waals surface area contributed by atoms with E-state index in [0.717, 1.165) is 9.22 Å². The number of thioether (sulfide) groups is 2. The fourth-order valence-electron chi connectivity index (χ4n) is 3.45. The van der Waals surface area contributed by atoms with Gasteiger partial charge in [0.2, 0.25) is 5.91 Å². The summed E-state index contributed by atoms with van der Waals surface area (Å²) in [5.74, 6) is -0.897. The molecule has 0 spiro atoms. The van der Waals surface area contributed by atoms with Gasteiger partial charge in [-0.05, 0) is 24.1 Å². The summed E-state index contributed by atoms with van der Waals surface area (Å²) in [5, 5.41) is 13.0. The lowest BCUT2D eigenvalue weighted by Crippen LogP contribution is -2.70. The van der Waals surface area contributed by atoms with Gasteiger partial charge in [-0.2, -0.15) is 0 Å². The lowest BCUT2D eigenvalue weighted by Gasteiger charge is -2.49. The molecule has 162 valence electrons. The van der Waals surface area contributed by atoms with E-state index < -0.39 is 23.3 Å². The molecule has 0 aliphatic carbocycles. The van der Waals surface area contributed by atoms with Crippen LogP contribution in [0.3, 0.4) is 0 Å². The van der Waals surface area contributed by atoms with Gasteiger partial charge in [-0.25, -0.2) is 9.78 Å². The molecule has 1 aromatic carbocycles. The SMILES string of the molecule is Cc1ncc(SCC2=C(C(=O)O)N3C(=O)C(NC(=O)Cc4ccccc4N)[C@H]3SC2)s1. The second-order valence-corrected chi connectivity index (χ2v) is 10.7. The average Bonchev–Trinajstić information content (AvgIpc) is 3.16. The number of nitrogens with two attached hydrogens (primary N) is 1. The van der Waals surface area contributed by atoms with Gasteiger partial charge in [0, 0.05) is 17.2 Å². The standard InChI is InChI=1S/C20H20N4O4S3/c1-10-22-7-15(31-10)29-8-12-9-30-19-16(18(26)24(19)17(12)20(27)28)23-14(25)6-11-4-2-3-5-13(11)21/h2-5,7,16,19H,6,8-9,21H2,1H3,(H,23,25)(H,27,28)/t16?,19-/m1/s1. The Labute approximate surface area is 191 Å². The van der Waals surface area contributed by atoms with Crippen molar-refractivity contribution in [1.82, 2.24) is 15.2 Å². The van der Waals surface area contributed by atoms with Crippen LogP contribution in [-0.4, -0.2) is 55.7 Å². The van der Waals surface area contributed by atoms with E-state index in [-0.39, 0.29) is 18.0 Å². The molecular formula is C20H20N4O4S3. The number of rotatable bonds is 7. The number of carboxylic acid groups (broad SMARTS) is 1. The van der Waals surface area contributed by atoms with Crippen LogP contribution >= 0.6 is 34.9 Å². The zero-order valence-corrected chi connectivity index (χ0v) is 19.0. The highest BCUT2D eigenvalue weighted by molar-refractivity contribution is 8.02. The van der Waals surface area contributed by atoms with Crippen molar-refractivity contribution in [2.45, 2.75) is 29.0 Å². The number of aliphatic carboxylic acids is 1. The molecular weight excluding hydrogens is 456 g/mol. The number of thiazole rings is 1. The van der Waals surface area contributed by atoms with Crippen LogP contribution in [0.2, 0.25) is 0 Å². The Morgan fingerprint density at radius 2 is 2.16 bits per heavy atom. The van der Waals surface area contributed by atoms with Gasteiger partial charge in [0.25, 0.3) is 5.91 Å². The monoisotopic (exact) mass is 476 g/mol. The van der Waals surface area contributed by atoms with E-state index in [2.05, 4.69) is 10.3 Å². The smallest absolute Gasteiger partial charge is 0.352 e. The number of nitrogens with zero attached hydrogens (tertiary/aromatic N) is 2. The minimum atomic E-state index is -1.13. The maximum Gasteiger partial charge on any atom is 0.352 e. The summed E-state index contributed by atoms with van der Waals surface area (Å²) in [4.78, 5) is 42.6. The second-order valence-electron chi connectivity index (χ2n) is 7.07. The number of para-hydroxylation sites is 1. The van der Waals surface area contributed by atoms with Gasteiger partial charge in [0.05, 0.1) is 21.8 Å². The van der Waals surface area contributed by atoms with Crippen LogP contribution < -0.4 is 11.1 Å². The quantitative estimate of drug-likeness (QED) is 0.315. The molecule has 0 bridgehead atoms. The zero-order valence-electron chi connectivity index (χ0n) is 16.5. The lowest BCUT2D eigenvalue weighted by atomic mass is 10.0. The topological polar surface area (TPSA) is 126 Å². The van der Waals surface area contributed by atoms with Gasteiger partial charge in [-0.1, -0.05) is 18.2 Å². The predicted molar refractivity (Wildman–Crippen MR) is 122 cm³/mol. The van der Waals surface area contributed by atoms with Crippen molar-refractivity contribution in [2.75, 3.05) is 17.2 Å². The molecule has 2 aliphatic heterocycles. The van der Waals surface area contributed by atoms with Gasteiger partial charge in [-0.15, -0.1) is 34.9 Å². The number of nitrogens with one attached hydrogen (secondary N) is 1. The number of anilines is 1. The Balaban J connectivity index is 1.43. The predicted octanol–water partition coefficient (Wildman–Crippen LogP) is 2.11. The van der Waals surface area contributed by atoms with Crippen molar-refractivity contribution < 1.29 is 19.5 Å². The van der Waals surface area contributed by atoms with Crippen molar-refractivity contribution in [3.05, 3.63) is 52.3 Å². The van der Waals surface area contributed by atoms with Crippen LogP contribution in [0.1, 0.15) is 10.6 Å². The van der Waals surface area contributed by atoms with Crippen molar-refractivity contribution >= 4 is 58.3 Å². The highest BCUT2D eigenvalue weighted by Gasteiger charge is 2.54. The van der Waals surface area contributed by atoms with Crippen LogP contribution in [0, 0.1) is 6.92 Å². The van der Waals surface area contributed by atoms with E-state index in [4.69, 9.17) is 5.73 Å².